The lowest BCUT2D eigenvalue weighted by Crippen LogP contribution is -2.38. The van der Waals surface area contributed by atoms with Crippen molar-refractivity contribution in [3.63, 3.8) is 0 Å². The molecule has 1 saturated carbocycles. The molecule has 0 unspecified atom stereocenters. The number of carbonyl (C=O) groups is 2. The molecular weight excluding hydrogens is 460 g/mol. The van der Waals surface area contributed by atoms with Crippen LogP contribution >= 0.6 is 0 Å². The Labute approximate surface area is 220 Å². The smallest absolute Gasteiger partial charge is 0.224 e. The number of benzene rings is 2. The Morgan fingerprint density at radius 3 is 2.24 bits per heavy atom. The van der Waals surface area contributed by atoms with E-state index in [9.17, 15) is 9.59 Å². The molecule has 0 spiro atoms. The van der Waals surface area contributed by atoms with E-state index in [1.807, 2.05) is 62.2 Å². The van der Waals surface area contributed by atoms with Crippen LogP contribution in [0.4, 0.5) is 5.69 Å². The van der Waals surface area contributed by atoms with Gasteiger partial charge in [0, 0.05) is 43.1 Å². The summed E-state index contributed by atoms with van der Waals surface area (Å²) in [5.41, 5.74) is 11.5. The summed E-state index contributed by atoms with van der Waals surface area (Å²) in [7, 11) is 1.87. The highest BCUT2D eigenvalue weighted by atomic mass is 16.2. The van der Waals surface area contributed by atoms with Gasteiger partial charge in [0.1, 0.15) is 0 Å². The lowest BCUT2D eigenvalue weighted by atomic mass is 9.83. The summed E-state index contributed by atoms with van der Waals surface area (Å²) in [4.78, 5) is 31.2. The van der Waals surface area contributed by atoms with Crippen LogP contribution in [0.25, 0.3) is 22.4 Å². The van der Waals surface area contributed by atoms with Crippen LogP contribution in [0, 0.1) is 5.92 Å². The minimum atomic E-state index is -0.412. The summed E-state index contributed by atoms with van der Waals surface area (Å²) in [6.07, 6.45) is 6.02. The maximum absolute atomic E-state index is 12.9. The van der Waals surface area contributed by atoms with Crippen molar-refractivity contribution in [2.24, 2.45) is 11.7 Å². The fourth-order valence-corrected chi connectivity index (χ4v) is 5.13. The van der Waals surface area contributed by atoms with Gasteiger partial charge in [-0.25, -0.2) is 0 Å². The zero-order valence-electron chi connectivity index (χ0n) is 22.3. The van der Waals surface area contributed by atoms with Crippen LogP contribution < -0.4 is 11.1 Å². The Morgan fingerprint density at radius 2 is 1.65 bits per heavy atom. The zero-order valence-corrected chi connectivity index (χ0v) is 22.3. The second kappa shape index (κ2) is 11.3. The first kappa shape index (κ1) is 26.6. The molecule has 0 radical (unpaired) electrons. The van der Waals surface area contributed by atoms with Gasteiger partial charge in [-0.1, -0.05) is 54.6 Å². The van der Waals surface area contributed by atoms with Crippen molar-refractivity contribution in [3.05, 3.63) is 72.4 Å². The van der Waals surface area contributed by atoms with Crippen molar-refractivity contribution in [2.45, 2.75) is 64.5 Å². The van der Waals surface area contributed by atoms with Crippen LogP contribution in [0.5, 0.6) is 0 Å². The number of carbonyl (C=O) groups excluding carboxylic acids is 2. The summed E-state index contributed by atoms with van der Waals surface area (Å²) in [5.74, 6) is 0.444. The molecule has 37 heavy (non-hydrogen) atoms. The van der Waals surface area contributed by atoms with Gasteiger partial charge in [-0.05, 0) is 62.6 Å². The molecular formula is C31H38N4O2. The van der Waals surface area contributed by atoms with Crippen LogP contribution in [0.1, 0.15) is 58.4 Å². The zero-order chi connectivity index (χ0) is 26.6. The third-order valence-electron chi connectivity index (χ3n) is 7.49. The SMILES string of the molecule is CC(=O)N(C)C1CCC(CC(=O)Nc2cnc(-c3ccc(C(C)(C)N)cc3)c(-c3ccccc3)c2)CC1. The molecule has 194 valence electrons. The average molecular weight is 499 g/mol. The van der Waals surface area contributed by atoms with Crippen LogP contribution in [0.2, 0.25) is 0 Å². The number of amides is 2. The van der Waals surface area contributed by atoms with Crippen molar-refractivity contribution in [1.29, 1.82) is 0 Å². The molecule has 2 amide bonds. The third-order valence-corrected chi connectivity index (χ3v) is 7.49. The second-order valence-corrected chi connectivity index (χ2v) is 10.8. The number of nitrogens with one attached hydrogen (secondary N) is 1. The fourth-order valence-electron chi connectivity index (χ4n) is 5.13. The second-order valence-electron chi connectivity index (χ2n) is 10.8. The van der Waals surface area contributed by atoms with Crippen molar-refractivity contribution in [3.8, 4) is 22.4 Å². The Kier molecular flexibility index (Phi) is 8.08. The molecule has 1 aliphatic rings. The maximum Gasteiger partial charge on any atom is 0.224 e. The first-order chi connectivity index (χ1) is 17.6. The molecule has 1 heterocycles. The molecule has 0 aliphatic heterocycles. The van der Waals surface area contributed by atoms with E-state index in [0.717, 1.165) is 53.6 Å². The van der Waals surface area contributed by atoms with Gasteiger partial charge in [0.25, 0.3) is 0 Å². The number of nitrogens with two attached hydrogens (primary N) is 1. The molecule has 1 aliphatic carbocycles. The summed E-state index contributed by atoms with van der Waals surface area (Å²) in [5, 5.41) is 3.08. The van der Waals surface area contributed by atoms with Crippen LogP contribution in [0.15, 0.2) is 66.9 Å². The molecule has 3 N–H and O–H groups in total. The third kappa shape index (κ3) is 6.63. The van der Waals surface area contributed by atoms with Gasteiger partial charge in [-0.3, -0.25) is 14.6 Å². The van der Waals surface area contributed by atoms with E-state index in [0.29, 0.717) is 18.0 Å². The molecule has 0 saturated heterocycles. The van der Waals surface area contributed by atoms with Crippen molar-refractivity contribution < 1.29 is 9.59 Å². The molecule has 1 fully saturated rings. The average Bonchev–Trinajstić information content (AvgIpc) is 2.88. The number of aromatic nitrogens is 1. The van der Waals surface area contributed by atoms with Crippen LogP contribution in [0.3, 0.4) is 0 Å². The molecule has 1 aromatic heterocycles. The van der Waals surface area contributed by atoms with Gasteiger partial charge in [0.05, 0.1) is 17.6 Å². The predicted octanol–water partition coefficient (Wildman–Crippen LogP) is 5.98. The van der Waals surface area contributed by atoms with E-state index < -0.39 is 5.54 Å². The molecule has 2 aromatic carbocycles. The van der Waals surface area contributed by atoms with E-state index in [1.165, 1.54) is 0 Å². The molecule has 3 aromatic rings. The number of nitrogens with zero attached hydrogens (tertiary/aromatic N) is 2. The first-order valence-corrected chi connectivity index (χ1v) is 13.1. The summed E-state index contributed by atoms with van der Waals surface area (Å²) < 4.78 is 0. The van der Waals surface area contributed by atoms with Gasteiger partial charge >= 0.3 is 0 Å². The van der Waals surface area contributed by atoms with E-state index in [1.54, 1.807) is 13.1 Å². The summed E-state index contributed by atoms with van der Waals surface area (Å²) >= 11 is 0. The number of rotatable bonds is 7. The topological polar surface area (TPSA) is 88.3 Å². The van der Waals surface area contributed by atoms with Crippen molar-refractivity contribution >= 4 is 17.5 Å². The predicted molar refractivity (Wildman–Crippen MR) is 150 cm³/mol. The highest BCUT2D eigenvalue weighted by Gasteiger charge is 2.26. The highest BCUT2D eigenvalue weighted by molar-refractivity contribution is 5.93. The minimum Gasteiger partial charge on any atom is -0.343 e. The van der Waals surface area contributed by atoms with E-state index >= 15 is 0 Å². The Balaban J connectivity index is 1.49. The van der Waals surface area contributed by atoms with Gasteiger partial charge in [0.2, 0.25) is 11.8 Å². The number of anilines is 1. The summed E-state index contributed by atoms with van der Waals surface area (Å²) in [6.45, 7) is 5.59. The Bertz CT molecular complexity index is 1220. The van der Waals surface area contributed by atoms with Gasteiger partial charge in [0.15, 0.2) is 0 Å². The Morgan fingerprint density at radius 1 is 1.00 bits per heavy atom. The molecule has 6 heteroatoms. The highest BCUT2D eigenvalue weighted by Crippen LogP contribution is 2.34. The van der Waals surface area contributed by atoms with Crippen molar-refractivity contribution in [1.82, 2.24) is 9.88 Å². The fraction of sp³-hybridized carbons (Fsp3) is 0.387. The number of hydrogen-bond acceptors (Lipinski definition) is 4. The van der Waals surface area contributed by atoms with Gasteiger partial charge < -0.3 is 16.0 Å². The van der Waals surface area contributed by atoms with Crippen molar-refractivity contribution in [2.75, 3.05) is 12.4 Å². The molecule has 6 nitrogen and oxygen atoms in total. The lowest BCUT2D eigenvalue weighted by molar-refractivity contribution is -0.130. The number of pyridine rings is 1. The quantitative estimate of drug-likeness (QED) is 0.420. The molecule has 4 rings (SSSR count). The Hall–Kier alpha value is -3.51. The number of hydrogen-bond donors (Lipinski definition) is 2. The van der Waals surface area contributed by atoms with E-state index in [-0.39, 0.29) is 17.9 Å². The van der Waals surface area contributed by atoms with E-state index in [4.69, 9.17) is 10.7 Å². The van der Waals surface area contributed by atoms with Crippen LogP contribution in [-0.4, -0.2) is 34.8 Å². The largest absolute Gasteiger partial charge is 0.343 e. The molecule has 0 atom stereocenters. The maximum atomic E-state index is 12.9. The lowest BCUT2D eigenvalue weighted by Gasteiger charge is -2.34. The van der Waals surface area contributed by atoms with Crippen LogP contribution in [-0.2, 0) is 15.1 Å². The van der Waals surface area contributed by atoms with Gasteiger partial charge in [-0.2, -0.15) is 0 Å². The normalized spacial score (nSPS) is 17.8. The van der Waals surface area contributed by atoms with E-state index in [2.05, 4.69) is 29.6 Å². The van der Waals surface area contributed by atoms with Gasteiger partial charge in [-0.15, -0.1) is 0 Å². The minimum absolute atomic E-state index is 0.00599. The molecule has 0 bridgehead atoms. The monoisotopic (exact) mass is 498 g/mol. The first-order valence-electron chi connectivity index (χ1n) is 13.1. The standard InChI is InChI=1S/C31H38N4O2/c1-21(36)35(4)27-16-10-22(11-17-27)18-29(37)34-26-19-28(23-8-6-5-7-9-23)30(33-20-26)24-12-14-25(15-13-24)31(2,3)32/h5-9,12-15,19-20,22,27H,10-11,16-18,32H2,1-4H3,(H,34,37). The summed E-state index contributed by atoms with van der Waals surface area (Å²) in [6, 6.07) is 20.6.